The number of rotatable bonds is 11. The number of thiazole rings is 1. The number of ether oxygens (including phenoxy) is 2. The number of nitrogens with one attached hydrogen (secondary N) is 4. The van der Waals surface area contributed by atoms with Crippen LogP contribution < -0.4 is 21.3 Å². The van der Waals surface area contributed by atoms with Crippen molar-refractivity contribution in [1.82, 2.24) is 29.8 Å². The van der Waals surface area contributed by atoms with Crippen molar-refractivity contribution in [3.8, 4) is 10.4 Å². The summed E-state index contributed by atoms with van der Waals surface area (Å²) < 4.78 is 11.2. The summed E-state index contributed by atoms with van der Waals surface area (Å²) in [4.78, 5) is 86.1. The van der Waals surface area contributed by atoms with Crippen LogP contribution in [-0.4, -0.2) is 106 Å². The van der Waals surface area contributed by atoms with Crippen LogP contribution in [0.25, 0.3) is 15.4 Å². The number of carbonyl (C=O) groups is 6. The maximum absolute atomic E-state index is 13.3. The number of likely N-dealkylation sites (tertiary alicyclic amines) is 2. The van der Waals surface area contributed by atoms with Gasteiger partial charge in [-0.1, -0.05) is 51.2 Å². The lowest BCUT2D eigenvalue weighted by atomic mass is 10.0. The van der Waals surface area contributed by atoms with E-state index in [9.17, 15) is 28.8 Å². The molecule has 0 aliphatic carbocycles. The Labute approximate surface area is 305 Å². The lowest BCUT2D eigenvalue weighted by Gasteiger charge is -2.30. The van der Waals surface area contributed by atoms with Crippen LogP contribution in [0.3, 0.4) is 0 Å². The summed E-state index contributed by atoms with van der Waals surface area (Å²) in [6.45, 7) is 8.09. The van der Waals surface area contributed by atoms with Gasteiger partial charge in [-0.15, -0.1) is 0 Å². The molecule has 2 saturated heterocycles. The molecule has 52 heavy (non-hydrogen) atoms. The molecule has 0 spiro atoms. The van der Waals surface area contributed by atoms with Gasteiger partial charge in [0.25, 0.3) is 0 Å². The van der Waals surface area contributed by atoms with Crippen LogP contribution in [0.15, 0.2) is 36.7 Å². The molecule has 0 bridgehead atoms. The number of benzene rings is 1. The molecule has 280 valence electrons. The van der Waals surface area contributed by atoms with Crippen LogP contribution in [0.2, 0.25) is 0 Å². The Morgan fingerprint density at radius 3 is 1.71 bits per heavy atom. The summed E-state index contributed by atoms with van der Waals surface area (Å²) in [6.07, 6.45) is 4.53. The highest BCUT2D eigenvalue weighted by atomic mass is 32.1. The van der Waals surface area contributed by atoms with Gasteiger partial charge >= 0.3 is 12.2 Å². The maximum atomic E-state index is 13.3. The second-order valence-electron chi connectivity index (χ2n) is 13.6. The molecule has 2 aliphatic heterocycles. The number of amides is 6. The van der Waals surface area contributed by atoms with E-state index in [4.69, 9.17) is 0 Å². The minimum absolute atomic E-state index is 0.198. The standard InChI is InChI=1S/C35H46N8O8S/c1-19(2)27(39-34(48)50-5)31(46)42-15-7-9-23(42)29(44)36-22-13-11-21(12-14-22)25-17-41-18-26(38-33(41)52-25)37-30(45)24-10-8-16-43(24)32(47)28(20(3)4)40-35(49)51-6/h11-14,17-20,23-24,27-28H,7-10,15-16H2,1-6H3,(H,36,44)(H,37,45)(H,39,48)(H,40,49)/t23?,24-,27-,28-/m0/s1. The lowest BCUT2D eigenvalue weighted by Crippen LogP contribution is -2.54. The van der Waals surface area contributed by atoms with Crippen molar-refractivity contribution < 1.29 is 38.2 Å². The summed E-state index contributed by atoms with van der Waals surface area (Å²) in [5.74, 6) is -1.35. The van der Waals surface area contributed by atoms with E-state index in [1.54, 1.807) is 18.3 Å². The molecule has 0 radical (unpaired) electrons. The summed E-state index contributed by atoms with van der Waals surface area (Å²) in [5.41, 5.74) is 1.47. The fourth-order valence-electron chi connectivity index (χ4n) is 6.50. The molecule has 1 aromatic carbocycles. The molecule has 17 heteroatoms. The van der Waals surface area contributed by atoms with E-state index in [-0.39, 0.29) is 35.5 Å². The van der Waals surface area contributed by atoms with Crippen LogP contribution in [0.4, 0.5) is 21.1 Å². The average Bonchev–Trinajstić information content (AvgIpc) is 3.93. The van der Waals surface area contributed by atoms with Gasteiger partial charge in [0, 0.05) is 25.0 Å². The highest BCUT2D eigenvalue weighted by molar-refractivity contribution is 7.20. The minimum atomic E-state index is -0.822. The first-order valence-electron chi connectivity index (χ1n) is 17.3. The van der Waals surface area contributed by atoms with Crippen LogP contribution in [0.5, 0.6) is 0 Å². The van der Waals surface area contributed by atoms with Crippen molar-refractivity contribution in [3.05, 3.63) is 36.7 Å². The average molecular weight is 739 g/mol. The van der Waals surface area contributed by atoms with E-state index in [0.717, 1.165) is 10.4 Å². The highest BCUT2D eigenvalue weighted by Crippen LogP contribution is 2.31. The SMILES string of the molecule is COC(=O)N[C@H](C(=O)N1CCCC1C(=O)Nc1ccc(-c2cn3cc(NC(=O)[C@@H]4CCCN4C(=O)[C@@H](NC(=O)OC)C(C)C)nc3s2)cc1)C(C)C. The Hall–Kier alpha value is -5.19. The van der Waals surface area contributed by atoms with Gasteiger partial charge in [-0.25, -0.2) is 14.6 Å². The lowest BCUT2D eigenvalue weighted by molar-refractivity contribution is -0.139. The topological polar surface area (TPSA) is 193 Å². The molecule has 16 nitrogen and oxygen atoms in total. The number of nitrogens with zero attached hydrogens (tertiary/aromatic N) is 4. The van der Waals surface area contributed by atoms with Gasteiger partial charge in [-0.2, -0.15) is 0 Å². The van der Waals surface area contributed by atoms with E-state index in [1.807, 2.05) is 50.4 Å². The minimum Gasteiger partial charge on any atom is -0.453 e. The van der Waals surface area contributed by atoms with Gasteiger partial charge < -0.3 is 40.5 Å². The zero-order valence-electron chi connectivity index (χ0n) is 30.1. The molecule has 2 aliphatic rings. The Bertz CT molecular complexity index is 1770. The number of alkyl carbamates (subject to hydrolysis) is 2. The van der Waals surface area contributed by atoms with E-state index < -0.39 is 36.4 Å². The van der Waals surface area contributed by atoms with Gasteiger partial charge in [-0.3, -0.25) is 23.6 Å². The van der Waals surface area contributed by atoms with Crippen molar-refractivity contribution in [1.29, 1.82) is 0 Å². The molecule has 2 aromatic heterocycles. The molecule has 4 N–H and O–H groups in total. The summed E-state index contributed by atoms with van der Waals surface area (Å²) in [6, 6.07) is 4.34. The first kappa shape index (κ1) is 38.1. The van der Waals surface area contributed by atoms with Gasteiger partial charge in [0.2, 0.25) is 23.6 Å². The van der Waals surface area contributed by atoms with Crippen LogP contribution in [0, 0.1) is 11.8 Å². The number of methoxy groups -OCH3 is 2. The van der Waals surface area contributed by atoms with E-state index in [0.29, 0.717) is 55.2 Å². The number of hydrogen-bond donors (Lipinski definition) is 4. The van der Waals surface area contributed by atoms with Crippen LogP contribution >= 0.6 is 11.3 Å². The van der Waals surface area contributed by atoms with E-state index in [2.05, 4.69) is 35.7 Å². The first-order chi connectivity index (χ1) is 24.8. The van der Waals surface area contributed by atoms with Gasteiger partial charge in [0.1, 0.15) is 24.2 Å². The number of fused-ring (bicyclic) bond motifs is 1. The third kappa shape index (κ3) is 8.46. The van der Waals surface area contributed by atoms with E-state index >= 15 is 0 Å². The molecule has 1 unspecified atom stereocenters. The molecule has 2 fully saturated rings. The highest BCUT2D eigenvalue weighted by Gasteiger charge is 2.40. The number of anilines is 2. The smallest absolute Gasteiger partial charge is 0.407 e. The number of aromatic nitrogens is 2. The number of carbonyl (C=O) groups excluding carboxylic acids is 6. The number of imidazole rings is 1. The van der Waals surface area contributed by atoms with Crippen molar-refractivity contribution in [2.45, 2.75) is 77.5 Å². The van der Waals surface area contributed by atoms with Gasteiger partial charge in [0.15, 0.2) is 10.8 Å². The summed E-state index contributed by atoms with van der Waals surface area (Å²) >= 11 is 1.42. The maximum Gasteiger partial charge on any atom is 0.407 e. The van der Waals surface area contributed by atoms with Gasteiger partial charge in [-0.05, 0) is 55.2 Å². The van der Waals surface area contributed by atoms with E-state index in [1.165, 1.54) is 35.4 Å². The molecule has 4 heterocycles. The Balaban J connectivity index is 1.19. The molecule has 4 atom stereocenters. The van der Waals surface area contributed by atoms with Crippen molar-refractivity contribution in [2.75, 3.05) is 37.9 Å². The Morgan fingerprint density at radius 2 is 1.25 bits per heavy atom. The zero-order valence-corrected chi connectivity index (χ0v) is 31.0. The first-order valence-corrected chi connectivity index (χ1v) is 18.1. The monoisotopic (exact) mass is 738 g/mol. The van der Waals surface area contributed by atoms with Crippen molar-refractivity contribution in [3.63, 3.8) is 0 Å². The van der Waals surface area contributed by atoms with Crippen LogP contribution in [0.1, 0.15) is 53.4 Å². The number of hydrogen-bond acceptors (Lipinski definition) is 10. The zero-order chi connectivity index (χ0) is 37.7. The molecular weight excluding hydrogens is 692 g/mol. The van der Waals surface area contributed by atoms with Gasteiger partial charge in [0.05, 0.1) is 25.3 Å². The predicted octanol–water partition coefficient (Wildman–Crippen LogP) is 3.68. The fraction of sp³-hybridized carbons (Fsp3) is 0.514. The van der Waals surface area contributed by atoms with Crippen LogP contribution in [-0.2, 0) is 28.7 Å². The third-order valence-corrected chi connectivity index (χ3v) is 10.3. The molecule has 6 amide bonds. The second kappa shape index (κ2) is 16.4. The second-order valence-corrected chi connectivity index (χ2v) is 14.6. The quantitative estimate of drug-likeness (QED) is 0.227. The fourth-order valence-corrected chi connectivity index (χ4v) is 7.48. The molecule has 5 rings (SSSR count). The summed E-state index contributed by atoms with van der Waals surface area (Å²) in [7, 11) is 2.47. The summed E-state index contributed by atoms with van der Waals surface area (Å²) in [5, 5.41) is 10.9. The predicted molar refractivity (Wildman–Crippen MR) is 194 cm³/mol. The molecular formula is C35H46N8O8S. The normalized spacial score (nSPS) is 18.3. The van der Waals surface area contributed by atoms with Crippen molar-refractivity contribution in [2.24, 2.45) is 11.8 Å². The molecule has 3 aromatic rings. The largest absolute Gasteiger partial charge is 0.453 e. The Morgan fingerprint density at radius 1 is 0.750 bits per heavy atom. The van der Waals surface area contributed by atoms with Crippen molar-refractivity contribution >= 4 is 63.6 Å². The Kier molecular flexibility index (Phi) is 12.0. The third-order valence-electron chi connectivity index (χ3n) is 9.30. The molecule has 0 saturated carbocycles.